The Labute approximate surface area is 251 Å². The van der Waals surface area contributed by atoms with Crippen molar-refractivity contribution in [3.63, 3.8) is 0 Å². The SMILES string of the molecule is c1ccc(-c2nc(-c3ccccc3)nc(-c3cncc(-n4c5cccc6oc7ccccc7c7cccc4c7c65)c3)n2)cc1. The summed E-state index contributed by atoms with van der Waals surface area (Å²) >= 11 is 0. The molecule has 0 aliphatic carbocycles. The molecule has 0 unspecified atom stereocenters. The summed E-state index contributed by atoms with van der Waals surface area (Å²) in [6.45, 7) is 0. The summed E-state index contributed by atoms with van der Waals surface area (Å²) in [5.41, 5.74) is 7.38. The molecule has 0 bridgehead atoms. The summed E-state index contributed by atoms with van der Waals surface area (Å²) < 4.78 is 8.77. The standard InChI is InChI=1S/C38H23N5O/c1-3-11-24(12-4-1)36-40-37(25-13-5-2-6-14-25)42-38(41-36)26-21-27(23-39-22-26)43-30-17-9-16-29-28-15-7-8-19-32(28)44-33-20-10-18-31(43)35(33)34(29)30/h1-23H. The highest BCUT2D eigenvalue weighted by Gasteiger charge is 2.20. The first-order valence-corrected chi connectivity index (χ1v) is 14.5. The number of aromatic nitrogens is 5. The highest BCUT2D eigenvalue weighted by molar-refractivity contribution is 6.26. The Morgan fingerprint density at radius 1 is 0.455 bits per heavy atom. The lowest BCUT2D eigenvalue weighted by Gasteiger charge is -2.11. The average Bonchev–Trinajstić information content (AvgIpc) is 3.36. The zero-order chi connectivity index (χ0) is 29.0. The molecule has 4 heterocycles. The molecule has 0 aliphatic rings. The number of rotatable bonds is 4. The van der Waals surface area contributed by atoms with E-state index in [2.05, 4.69) is 47.0 Å². The van der Waals surface area contributed by atoms with Crippen molar-refractivity contribution >= 4 is 43.7 Å². The van der Waals surface area contributed by atoms with Crippen molar-refractivity contribution in [2.75, 3.05) is 0 Å². The molecule has 9 rings (SSSR count). The van der Waals surface area contributed by atoms with E-state index in [1.807, 2.05) is 97.3 Å². The number of pyridine rings is 1. The van der Waals surface area contributed by atoms with Crippen LogP contribution in [0.15, 0.2) is 144 Å². The van der Waals surface area contributed by atoms with E-state index in [0.29, 0.717) is 17.5 Å². The van der Waals surface area contributed by atoms with Crippen LogP contribution in [0, 0.1) is 0 Å². The van der Waals surface area contributed by atoms with Crippen LogP contribution in [-0.4, -0.2) is 24.5 Å². The summed E-state index contributed by atoms with van der Waals surface area (Å²) in [5.74, 6) is 1.79. The molecule has 6 nitrogen and oxygen atoms in total. The fourth-order valence-corrected chi connectivity index (χ4v) is 6.17. The summed E-state index contributed by atoms with van der Waals surface area (Å²) in [6, 6.07) is 43.0. The fourth-order valence-electron chi connectivity index (χ4n) is 6.17. The van der Waals surface area contributed by atoms with E-state index in [4.69, 9.17) is 24.4 Å². The van der Waals surface area contributed by atoms with Gasteiger partial charge in [-0.2, -0.15) is 0 Å². The van der Waals surface area contributed by atoms with Gasteiger partial charge in [0.15, 0.2) is 17.5 Å². The first kappa shape index (κ1) is 24.5. The van der Waals surface area contributed by atoms with Crippen LogP contribution in [0.25, 0.3) is 83.6 Å². The molecule has 0 amide bonds. The maximum atomic E-state index is 6.52. The molecule has 0 radical (unpaired) electrons. The van der Waals surface area contributed by atoms with Gasteiger partial charge in [-0.05, 0) is 35.7 Å². The molecule has 206 valence electrons. The van der Waals surface area contributed by atoms with Gasteiger partial charge in [-0.1, -0.05) is 97.1 Å². The third-order valence-corrected chi connectivity index (χ3v) is 8.12. The summed E-state index contributed by atoms with van der Waals surface area (Å²) in [4.78, 5) is 19.4. The molecule has 0 saturated heterocycles. The van der Waals surface area contributed by atoms with E-state index < -0.39 is 0 Å². The van der Waals surface area contributed by atoms with Crippen molar-refractivity contribution in [1.29, 1.82) is 0 Å². The quantitative estimate of drug-likeness (QED) is 0.213. The predicted octanol–water partition coefficient (Wildman–Crippen LogP) is 9.26. The number of fused-ring (bicyclic) bond motifs is 2. The van der Waals surface area contributed by atoms with Crippen LogP contribution in [0.5, 0.6) is 0 Å². The first-order chi connectivity index (χ1) is 21.8. The second-order valence-corrected chi connectivity index (χ2v) is 10.8. The second kappa shape index (κ2) is 9.71. The van der Waals surface area contributed by atoms with Crippen molar-refractivity contribution in [1.82, 2.24) is 24.5 Å². The van der Waals surface area contributed by atoms with Crippen molar-refractivity contribution in [2.24, 2.45) is 0 Å². The van der Waals surface area contributed by atoms with Crippen LogP contribution in [-0.2, 0) is 0 Å². The van der Waals surface area contributed by atoms with E-state index in [1.165, 1.54) is 0 Å². The van der Waals surface area contributed by atoms with Crippen LogP contribution in [0.2, 0.25) is 0 Å². The Morgan fingerprint density at radius 3 is 1.75 bits per heavy atom. The van der Waals surface area contributed by atoms with Gasteiger partial charge in [-0.15, -0.1) is 0 Å². The first-order valence-electron chi connectivity index (χ1n) is 14.5. The molecule has 6 heteroatoms. The number of nitrogens with zero attached hydrogens (tertiary/aromatic N) is 5. The largest absolute Gasteiger partial charge is 0.456 e. The number of benzene rings is 5. The Kier molecular flexibility index (Phi) is 5.40. The van der Waals surface area contributed by atoms with Crippen molar-refractivity contribution in [2.45, 2.75) is 0 Å². The minimum atomic E-state index is 0.563. The molecule has 44 heavy (non-hydrogen) atoms. The van der Waals surface area contributed by atoms with Crippen molar-refractivity contribution < 1.29 is 4.42 Å². The Morgan fingerprint density at radius 2 is 1.02 bits per heavy atom. The lowest BCUT2D eigenvalue weighted by molar-refractivity contribution is 0.664. The normalized spacial score (nSPS) is 11.6. The number of hydrogen-bond acceptors (Lipinski definition) is 5. The molecule has 0 atom stereocenters. The molecular weight excluding hydrogens is 542 g/mol. The smallest absolute Gasteiger partial charge is 0.165 e. The van der Waals surface area contributed by atoms with Gasteiger partial charge < -0.3 is 8.98 Å². The molecule has 0 aliphatic heterocycles. The molecule has 4 aromatic heterocycles. The minimum Gasteiger partial charge on any atom is -0.456 e. The second-order valence-electron chi connectivity index (χ2n) is 10.8. The van der Waals surface area contributed by atoms with Crippen LogP contribution in [0.4, 0.5) is 0 Å². The van der Waals surface area contributed by atoms with Gasteiger partial charge in [-0.25, -0.2) is 15.0 Å². The Bertz CT molecular complexity index is 2440. The third-order valence-electron chi connectivity index (χ3n) is 8.12. The van der Waals surface area contributed by atoms with Crippen LogP contribution < -0.4 is 0 Å². The third kappa shape index (κ3) is 3.82. The zero-order valence-corrected chi connectivity index (χ0v) is 23.4. The van der Waals surface area contributed by atoms with Crippen molar-refractivity contribution in [3.05, 3.63) is 140 Å². The maximum absolute atomic E-state index is 6.52. The monoisotopic (exact) mass is 565 g/mol. The van der Waals surface area contributed by atoms with Crippen LogP contribution in [0.1, 0.15) is 0 Å². The lowest BCUT2D eigenvalue weighted by Crippen LogP contribution is -2.01. The van der Waals surface area contributed by atoms with E-state index >= 15 is 0 Å². The van der Waals surface area contributed by atoms with E-state index in [0.717, 1.165) is 66.1 Å². The topological polar surface area (TPSA) is 69.6 Å². The van der Waals surface area contributed by atoms with Crippen LogP contribution >= 0.6 is 0 Å². The van der Waals surface area contributed by atoms with Crippen molar-refractivity contribution in [3.8, 4) is 39.9 Å². The minimum absolute atomic E-state index is 0.563. The highest BCUT2D eigenvalue weighted by Crippen LogP contribution is 2.41. The van der Waals surface area contributed by atoms with Gasteiger partial charge in [-0.3, -0.25) is 4.98 Å². The van der Waals surface area contributed by atoms with Gasteiger partial charge >= 0.3 is 0 Å². The van der Waals surface area contributed by atoms with Gasteiger partial charge in [0.05, 0.1) is 28.3 Å². The molecule has 5 aromatic carbocycles. The van der Waals surface area contributed by atoms with Gasteiger partial charge in [0.1, 0.15) is 11.2 Å². The lowest BCUT2D eigenvalue weighted by atomic mass is 10.1. The maximum Gasteiger partial charge on any atom is 0.165 e. The fraction of sp³-hybridized carbons (Fsp3) is 0. The molecule has 9 aromatic rings. The number of para-hydroxylation sites is 1. The predicted molar refractivity (Wildman–Crippen MR) is 176 cm³/mol. The molecule has 0 fully saturated rings. The molecule has 0 N–H and O–H groups in total. The van der Waals surface area contributed by atoms with Gasteiger partial charge in [0.2, 0.25) is 0 Å². The summed E-state index contributed by atoms with van der Waals surface area (Å²) in [7, 11) is 0. The van der Waals surface area contributed by atoms with Gasteiger partial charge in [0.25, 0.3) is 0 Å². The zero-order valence-electron chi connectivity index (χ0n) is 23.4. The Balaban J connectivity index is 1.30. The molecule has 0 spiro atoms. The number of hydrogen-bond donors (Lipinski definition) is 0. The van der Waals surface area contributed by atoms with E-state index in [1.54, 1.807) is 0 Å². The summed E-state index contributed by atoms with van der Waals surface area (Å²) in [6.07, 6.45) is 3.70. The van der Waals surface area contributed by atoms with Crippen LogP contribution in [0.3, 0.4) is 0 Å². The molecular formula is C38H23N5O. The van der Waals surface area contributed by atoms with Gasteiger partial charge in [0, 0.05) is 33.7 Å². The summed E-state index contributed by atoms with van der Waals surface area (Å²) in [5, 5.41) is 4.46. The Hall–Kier alpha value is -6.14. The molecule has 0 saturated carbocycles. The van der Waals surface area contributed by atoms with E-state index in [-0.39, 0.29) is 0 Å². The average molecular weight is 566 g/mol. The highest BCUT2D eigenvalue weighted by atomic mass is 16.3. The van der Waals surface area contributed by atoms with E-state index in [9.17, 15) is 0 Å².